The van der Waals surface area contributed by atoms with Gasteiger partial charge in [-0.05, 0) is 19.1 Å². The highest BCUT2D eigenvalue weighted by atomic mass is 79.9. The molecular formula is C12H10BrNO3S. The molecule has 0 amide bonds. The van der Waals surface area contributed by atoms with Crippen LogP contribution in [0.15, 0.2) is 33.5 Å². The molecule has 0 spiro atoms. The predicted octanol–water partition coefficient (Wildman–Crippen LogP) is 2.73. The molecule has 1 aromatic heterocycles. The molecule has 2 aromatic rings. The number of aliphatic carboxylic acids is 1. The van der Waals surface area contributed by atoms with E-state index >= 15 is 0 Å². The third-order valence-electron chi connectivity index (χ3n) is 2.46. The van der Waals surface area contributed by atoms with E-state index in [1.54, 1.807) is 0 Å². The first-order chi connectivity index (χ1) is 8.49. The molecule has 0 aliphatic carbocycles. The van der Waals surface area contributed by atoms with Crippen molar-refractivity contribution in [3.8, 4) is 11.3 Å². The van der Waals surface area contributed by atoms with Crippen molar-refractivity contribution in [2.75, 3.05) is 0 Å². The summed E-state index contributed by atoms with van der Waals surface area (Å²) >= 11 is 4.43. The normalized spacial score (nSPS) is 10.6. The number of nitrogens with zero attached hydrogens (tertiary/aromatic N) is 1. The van der Waals surface area contributed by atoms with Gasteiger partial charge in [-0.2, -0.15) is 0 Å². The van der Waals surface area contributed by atoms with Gasteiger partial charge in [0.2, 0.25) is 0 Å². The van der Waals surface area contributed by atoms with Gasteiger partial charge in [0.15, 0.2) is 0 Å². The van der Waals surface area contributed by atoms with Gasteiger partial charge in [0.1, 0.15) is 6.54 Å². The van der Waals surface area contributed by atoms with Crippen molar-refractivity contribution in [3.63, 3.8) is 0 Å². The predicted molar refractivity (Wildman–Crippen MR) is 74.1 cm³/mol. The minimum absolute atomic E-state index is 0.245. The Hall–Kier alpha value is -1.40. The van der Waals surface area contributed by atoms with Crippen LogP contribution in [0.25, 0.3) is 11.3 Å². The van der Waals surface area contributed by atoms with Crippen LogP contribution in [0.2, 0.25) is 0 Å². The van der Waals surface area contributed by atoms with Gasteiger partial charge in [-0.15, -0.1) is 0 Å². The molecular weight excluding hydrogens is 318 g/mol. The first-order valence-corrected chi connectivity index (χ1v) is 6.78. The summed E-state index contributed by atoms with van der Waals surface area (Å²) in [5.74, 6) is -1.02. The highest BCUT2D eigenvalue weighted by Gasteiger charge is 2.15. The number of aromatic nitrogens is 1. The van der Waals surface area contributed by atoms with Crippen LogP contribution in [0.1, 0.15) is 4.88 Å². The number of carbonyl (C=O) groups is 1. The van der Waals surface area contributed by atoms with Crippen molar-refractivity contribution in [3.05, 3.63) is 43.3 Å². The van der Waals surface area contributed by atoms with Crippen LogP contribution >= 0.6 is 27.3 Å². The van der Waals surface area contributed by atoms with Crippen molar-refractivity contribution < 1.29 is 9.90 Å². The van der Waals surface area contributed by atoms with Crippen LogP contribution in [0.4, 0.5) is 0 Å². The van der Waals surface area contributed by atoms with Crippen molar-refractivity contribution in [2.24, 2.45) is 0 Å². The number of hydrogen-bond acceptors (Lipinski definition) is 3. The van der Waals surface area contributed by atoms with Crippen molar-refractivity contribution in [1.82, 2.24) is 4.57 Å². The fourth-order valence-corrected chi connectivity index (χ4v) is 3.04. The number of benzene rings is 1. The van der Waals surface area contributed by atoms with Gasteiger partial charge >= 0.3 is 10.8 Å². The number of halogens is 1. The maximum absolute atomic E-state index is 11.8. The zero-order valence-electron chi connectivity index (χ0n) is 9.51. The standard InChI is InChI=1S/C12H10BrNO3S/c1-7-11(8-3-2-4-9(13)5-8)14(6-10(15)16)12(17)18-7/h2-5H,6H2,1H3,(H,15,16). The smallest absolute Gasteiger partial charge is 0.323 e. The van der Waals surface area contributed by atoms with E-state index in [1.165, 1.54) is 4.57 Å². The van der Waals surface area contributed by atoms with E-state index in [9.17, 15) is 9.59 Å². The van der Waals surface area contributed by atoms with Crippen LogP contribution in [0.5, 0.6) is 0 Å². The van der Waals surface area contributed by atoms with E-state index < -0.39 is 5.97 Å². The molecule has 0 aliphatic rings. The summed E-state index contributed by atoms with van der Waals surface area (Å²) in [6.45, 7) is 1.51. The van der Waals surface area contributed by atoms with Crippen LogP contribution in [-0.4, -0.2) is 15.6 Å². The monoisotopic (exact) mass is 327 g/mol. The molecule has 0 aliphatic heterocycles. The number of rotatable bonds is 3. The summed E-state index contributed by atoms with van der Waals surface area (Å²) in [5.41, 5.74) is 1.51. The Bertz CT molecular complexity index is 660. The maximum atomic E-state index is 11.8. The molecule has 2 rings (SSSR count). The zero-order valence-corrected chi connectivity index (χ0v) is 11.9. The first-order valence-electron chi connectivity index (χ1n) is 5.17. The van der Waals surface area contributed by atoms with Crippen LogP contribution < -0.4 is 4.87 Å². The average Bonchev–Trinajstić information content (AvgIpc) is 2.53. The molecule has 0 saturated carbocycles. The Labute approximate surface area is 116 Å². The van der Waals surface area contributed by atoms with Crippen LogP contribution in [0.3, 0.4) is 0 Å². The molecule has 0 unspecified atom stereocenters. The lowest BCUT2D eigenvalue weighted by atomic mass is 10.1. The second-order valence-corrected chi connectivity index (χ2v) is 5.84. The first kappa shape index (κ1) is 13.0. The molecule has 1 heterocycles. The fourth-order valence-electron chi connectivity index (χ4n) is 1.79. The summed E-state index contributed by atoms with van der Waals surface area (Å²) < 4.78 is 2.18. The Morgan fingerprint density at radius 2 is 2.22 bits per heavy atom. The van der Waals surface area contributed by atoms with Gasteiger partial charge < -0.3 is 5.11 Å². The van der Waals surface area contributed by atoms with Gasteiger partial charge in [0.05, 0.1) is 5.69 Å². The average molecular weight is 328 g/mol. The van der Waals surface area contributed by atoms with Gasteiger partial charge in [0.25, 0.3) is 0 Å². The maximum Gasteiger partial charge on any atom is 0.323 e. The highest BCUT2D eigenvalue weighted by Crippen LogP contribution is 2.27. The van der Waals surface area contributed by atoms with Crippen LogP contribution in [0, 0.1) is 6.92 Å². The van der Waals surface area contributed by atoms with Gasteiger partial charge in [-0.1, -0.05) is 39.4 Å². The lowest BCUT2D eigenvalue weighted by molar-refractivity contribution is -0.137. The van der Waals surface area contributed by atoms with Crippen LogP contribution in [-0.2, 0) is 11.3 Å². The Balaban J connectivity index is 2.63. The van der Waals surface area contributed by atoms with Gasteiger partial charge in [0, 0.05) is 14.9 Å². The lowest BCUT2D eigenvalue weighted by Gasteiger charge is -2.07. The lowest BCUT2D eigenvalue weighted by Crippen LogP contribution is -2.19. The molecule has 0 bridgehead atoms. The van der Waals surface area contributed by atoms with E-state index in [0.29, 0.717) is 5.69 Å². The Morgan fingerprint density at radius 3 is 2.83 bits per heavy atom. The van der Waals surface area contributed by atoms with E-state index in [2.05, 4.69) is 15.9 Å². The quantitative estimate of drug-likeness (QED) is 0.942. The summed E-state index contributed by atoms with van der Waals surface area (Å²) in [6.07, 6.45) is 0. The minimum atomic E-state index is -1.02. The largest absolute Gasteiger partial charge is 0.480 e. The molecule has 1 aromatic carbocycles. The number of hydrogen-bond donors (Lipinski definition) is 1. The second kappa shape index (κ2) is 5.07. The Morgan fingerprint density at radius 1 is 1.50 bits per heavy atom. The van der Waals surface area contributed by atoms with Crippen molar-refractivity contribution in [1.29, 1.82) is 0 Å². The Kier molecular flexibility index (Phi) is 3.68. The molecule has 1 N–H and O–H groups in total. The third-order valence-corrected chi connectivity index (χ3v) is 3.84. The minimum Gasteiger partial charge on any atom is -0.480 e. The SMILES string of the molecule is Cc1sc(=O)n(CC(=O)O)c1-c1cccc(Br)c1. The second-order valence-electron chi connectivity index (χ2n) is 3.76. The molecule has 0 saturated heterocycles. The highest BCUT2D eigenvalue weighted by molar-refractivity contribution is 9.10. The van der Waals surface area contributed by atoms with Gasteiger partial charge in [-0.25, -0.2) is 0 Å². The zero-order chi connectivity index (χ0) is 13.3. The summed E-state index contributed by atoms with van der Waals surface area (Å²) in [7, 11) is 0. The summed E-state index contributed by atoms with van der Waals surface area (Å²) in [5, 5.41) is 8.86. The topological polar surface area (TPSA) is 59.3 Å². The van der Waals surface area contributed by atoms with Crippen molar-refractivity contribution in [2.45, 2.75) is 13.5 Å². The summed E-state index contributed by atoms with van der Waals surface area (Å²) in [4.78, 5) is 23.2. The van der Waals surface area contributed by atoms with Gasteiger partial charge in [-0.3, -0.25) is 14.2 Å². The molecule has 0 atom stereocenters. The number of carboxylic acid groups (broad SMARTS) is 1. The number of aryl methyl sites for hydroxylation is 1. The van der Waals surface area contributed by atoms with Crippen molar-refractivity contribution >= 4 is 33.2 Å². The molecule has 0 fully saturated rings. The van der Waals surface area contributed by atoms with E-state index in [0.717, 1.165) is 26.3 Å². The van der Waals surface area contributed by atoms with E-state index in [-0.39, 0.29) is 11.4 Å². The molecule has 18 heavy (non-hydrogen) atoms. The number of carboxylic acids is 1. The molecule has 4 nitrogen and oxygen atoms in total. The van der Waals surface area contributed by atoms with E-state index in [4.69, 9.17) is 5.11 Å². The molecule has 0 radical (unpaired) electrons. The third kappa shape index (κ3) is 2.54. The summed E-state index contributed by atoms with van der Waals surface area (Å²) in [6, 6.07) is 7.46. The molecule has 6 heteroatoms. The fraction of sp³-hybridized carbons (Fsp3) is 0.167. The molecule has 94 valence electrons. The van der Waals surface area contributed by atoms with E-state index in [1.807, 2.05) is 31.2 Å². The number of thiazole rings is 1.